The van der Waals surface area contributed by atoms with Crippen LogP contribution in [0.5, 0.6) is 0 Å². The van der Waals surface area contributed by atoms with Crippen molar-refractivity contribution in [3.63, 3.8) is 0 Å². The number of hydrogen-bond donors (Lipinski definition) is 2. The zero-order valence-electron chi connectivity index (χ0n) is 14.7. The van der Waals surface area contributed by atoms with Crippen molar-refractivity contribution in [2.45, 2.75) is 44.2 Å². The van der Waals surface area contributed by atoms with Gasteiger partial charge >= 0.3 is 6.03 Å². The average molecular weight is 344 g/mol. The topological polar surface area (TPSA) is 78.7 Å². The van der Waals surface area contributed by atoms with Crippen LogP contribution in [0.25, 0.3) is 0 Å². The highest BCUT2D eigenvalue weighted by molar-refractivity contribution is 5.83. The number of nitrogens with zero attached hydrogens (tertiary/aromatic N) is 2. The fourth-order valence-corrected chi connectivity index (χ4v) is 3.64. The zero-order chi connectivity index (χ0) is 17.6. The number of carbonyl (C=O) groups excluding carboxylic acids is 2. The third kappa shape index (κ3) is 4.51. The van der Waals surface area contributed by atoms with Crippen molar-refractivity contribution in [3.8, 4) is 0 Å². The summed E-state index contributed by atoms with van der Waals surface area (Å²) in [6, 6.07) is 9.10. The van der Waals surface area contributed by atoms with Crippen molar-refractivity contribution >= 4 is 11.9 Å². The van der Waals surface area contributed by atoms with Gasteiger partial charge in [0.1, 0.15) is 6.04 Å². The first kappa shape index (κ1) is 17.7. The van der Waals surface area contributed by atoms with E-state index in [4.69, 9.17) is 5.73 Å². The van der Waals surface area contributed by atoms with Crippen LogP contribution in [0.4, 0.5) is 4.79 Å². The number of amides is 3. The van der Waals surface area contributed by atoms with Crippen LogP contribution < -0.4 is 11.1 Å². The molecule has 0 bridgehead atoms. The van der Waals surface area contributed by atoms with E-state index in [2.05, 4.69) is 5.32 Å². The second kappa shape index (κ2) is 8.34. The number of hydrogen-bond acceptors (Lipinski definition) is 3. The molecule has 2 aliphatic rings. The van der Waals surface area contributed by atoms with Crippen molar-refractivity contribution in [1.82, 2.24) is 15.1 Å². The van der Waals surface area contributed by atoms with Crippen LogP contribution in [0.1, 0.15) is 43.7 Å². The van der Waals surface area contributed by atoms with Gasteiger partial charge in [-0.2, -0.15) is 0 Å². The summed E-state index contributed by atoms with van der Waals surface area (Å²) in [5, 5.41) is 3.14. The third-order valence-corrected chi connectivity index (χ3v) is 5.24. The normalized spacial score (nSPS) is 20.2. The molecule has 6 nitrogen and oxygen atoms in total. The summed E-state index contributed by atoms with van der Waals surface area (Å²) < 4.78 is 0. The third-order valence-electron chi connectivity index (χ3n) is 5.24. The predicted molar refractivity (Wildman–Crippen MR) is 96.9 cm³/mol. The molecule has 25 heavy (non-hydrogen) atoms. The molecule has 1 unspecified atom stereocenters. The standard InChI is InChI=1S/C19H28N4O2/c20-17(15-7-3-1-4-8-15)18(24)22-11-13-23(14-12-22)19(25)21-16-9-5-2-6-10-16/h1,3-4,7-8,16-17H,2,5-6,9-14,20H2,(H,21,25). The van der Waals surface area contributed by atoms with E-state index in [9.17, 15) is 9.59 Å². The Kier molecular flexibility index (Phi) is 5.91. The van der Waals surface area contributed by atoms with Gasteiger partial charge in [-0.1, -0.05) is 49.6 Å². The average Bonchev–Trinajstić information content (AvgIpc) is 2.68. The Labute approximate surface area is 149 Å². The molecule has 1 aromatic rings. The second-order valence-electron chi connectivity index (χ2n) is 6.99. The van der Waals surface area contributed by atoms with E-state index in [0.717, 1.165) is 18.4 Å². The van der Waals surface area contributed by atoms with Gasteiger partial charge in [0, 0.05) is 32.2 Å². The van der Waals surface area contributed by atoms with E-state index >= 15 is 0 Å². The van der Waals surface area contributed by atoms with Crippen LogP contribution in [0.2, 0.25) is 0 Å². The molecule has 2 fully saturated rings. The Balaban J connectivity index is 1.47. The molecule has 3 amide bonds. The van der Waals surface area contributed by atoms with Gasteiger partial charge in [-0.05, 0) is 18.4 Å². The van der Waals surface area contributed by atoms with Crippen molar-refractivity contribution in [2.24, 2.45) is 5.73 Å². The highest BCUT2D eigenvalue weighted by Gasteiger charge is 2.28. The van der Waals surface area contributed by atoms with Crippen LogP contribution in [0, 0.1) is 0 Å². The lowest BCUT2D eigenvalue weighted by atomic mass is 9.96. The van der Waals surface area contributed by atoms with Crippen LogP contribution in [0.3, 0.4) is 0 Å². The molecule has 1 aliphatic heterocycles. The van der Waals surface area contributed by atoms with Crippen molar-refractivity contribution in [1.29, 1.82) is 0 Å². The Hall–Kier alpha value is -2.08. The van der Waals surface area contributed by atoms with Gasteiger partial charge in [0.05, 0.1) is 0 Å². The smallest absolute Gasteiger partial charge is 0.317 e. The van der Waals surface area contributed by atoms with E-state index in [1.54, 1.807) is 4.90 Å². The molecule has 0 spiro atoms. The first-order valence-corrected chi connectivity index (χ1v) is 9.30. The Morgan fingerprint density at radius 1 is 0.960 bits per heavy atom. The SMILES string of the molecule is NC(C(=O)N1CCN(C(=O)NC2CCCCC2)CC1)c1ccccc1. The summed E-state index contributed by atoms with van der Waals surface area (Å²) in [5.74, 6) is -0.0708. The summed E-state index contributed by atoms with van der Waals surface area (Å²) in [7, 11) is 0. The van der Waals surface area contributed by atoms with E-state index < -0.39 is 6.04 Å². The molecule has 1 heterocycles. The van der Waals surface area contributed by atoms with Crippen LogP contribution in [0.15, 0.2) is 30.3 Å². The first-order valence-electron chi connectivity index (χ1n) is 9.30. The van der Waals surface area contributed by atoms with Gasteiger partial charge in [-0.25, -0.2) is 4.79 Å². The van der Waals surface area contributed by atoms with Crippen LogP contribution in [-0.4, -0.2) is 54.0 Å². The number of carbonyl (C=O) groups is 2. The molecule has 1 saturated carbocycles. The maximum absolute atomic E-state index is 12.6. The van der Waals surface area contributed by atoms with Crippen molar-refractivity contribution in [2.75, 3.05) is 26.2 Å². The fraction of sp³-hybridized carbons (Fsp3) is 0.579. The maximum Gasteiger partial charge on any atom is 0.317 e. The van der Waals surface area contributed by atoms with E-state index in [1.807, 2.05) is 35.2 Å². The van der Waals surface area contributed by atoms with Crippen molar-refractivity contribution in [3.05, 3.63) is 35.9 Å². The quantitative estimate of drug-likeness (QED) is 0.879. The molecule has 1 aliphatic carbocycles. The molecule has 0 aromatic heterocycles. The van der Waals surface area contributed by atoms with Gasteiger partial charge in [-0.15, -0.1) is 0 Å². The van der Waals surface area contributed by atoms with Gasteiger partial charge < -0.3 is 20.9 Å². The Bertz CT molecular complexity index is 578. The Morgan fingerprint density at radius 3 is 2.20 bits per heavy atom. The first-order chi connectivity index (χ1) is 12.1. The minimum atomic E-state index is -0.635. The van der Waals surface area contributed by atoms with E-state index in [-0.39, 0.29) is 11.9 Å². The molecule has 1 atom stereocenters. The number of nitrogens with one attached hydrogen (secondary N) is 1. The second-order valence-corrected chi connectivity index (χ2v) is 6.99. The fourth-order valence-electron chi connectivity index (χ4n) is 3.64. The monoisotopic (exact) mass is 344 g/mol. The summed E-state index contributed by atoms with van der Waals surface area (Å²) in [6.45, 7) is 2.20. The molecule has 1 saturated heterocycles. The lowest BCUT2D eigenvalue weighted by Gasteiger charge is -2.37. The summed E-state index contributed by atoms with van der Waals surface area (Å²) in [6.07, 6.45) is 5.83. The number of piperazine rings is 1. The Morgan fingerprint density at radius 2 is 1.56 bits per heavy atom. The maximum atomic E-state index is 12.6. The molecule has 136 valence electrons. The summed E-state index contributed by atoms with van der Waals surface area (Å²) >= 11 is 0. The number of benzene rings is 1. The molecule has 3 rings (SSSR count). The zero-order valence-corrected chi connectivity index (χ0v) is 14.7. The number of nitrogens with two attached hydrogens (primary N) is 1. The molecule has 1 aromatic carbocycles. The minimum Gasteiger partial charge on any atom is -0.337 e. The lowest BCUT2D eigenvalue weighted by Crippen LogP contribution is -2.55. The number of urea groups is 1. The van der Waals surface area contributed by atoms with Crippen molar-refractivity contribution < 1.29 is 9.59 Å². The van der Waals surface area contributed by atoms with Gasteiger partial charge in [0.2, 0.25) is 5.91 Å². The highest BCUT2D eigenvalue weighted by atomic mass is 16.2. The molecule has 3 N–H and O–H groups in total. The van der Waals surface area contributed by atoms with E-state index in [0.29, 0.717) is 32.2 Å². The minimum absolute atomic E-state index is 0.00589. The number of rotatable bonds is 3. The van der Waals surface area contributed by atoms with Crippen LogP contribution >= 0.6 is 0 Å². The molecular formula is C19H28N4O2. The van der Waals surface area contributed by atoms with Gasteiger partial charge in [0.25, 0.3) is 0 Å². The largest absolute Gasteiger partial charge is 0.337 e. The lowest BCUT2D eigenvalue weighted by molar-refractivity contribution is -0.134. The van der Waals surface area contributed by atoms with E-state index in [1.165, 1.54) is 19.3 Å². The van der Waals surface area contributed by atoms with Gasteiger partial charge in [-0.3, -0.25) is 4.79 Å². The molecule has 0 radical (unpaired) electrons. The highest BCUT2D eigenvalue weighted by Crippen LogP contribution is 2.18. The van der Waals surface area contributed by atoms with Crippen LogP contribution in [-0.2, 0) is 4.79 Å². The molecule has 6 heteroatoms. The predicted octanol–water partition coefficient (Wildman–Crippen LogP) is 1.87. The summed E-state index contributed by atoms with van der Waals surface area (Å²) in [5.41, 5.74) is 6.93. The van der Waals surface area contributed by atoms with Gasteiger partial charge in [0.15, 0.2) is 0 Å². The summed E-state index contributed by atoms with van der Waals surface area (Å²) in [4.78, 5) is 28.5. The molecular weight excluding hydrogens is 316 g/mol.